The third-order valence-corrected chi connectivity index (χ3v) is 5.32. The molecule has 0 saturated carbocycles. The third-order valence-electron chi connectivity index (χ3n) is 5.07. The maximum Gasteiger partial charge on any atom is 0.255 e. The number of aromatic nitrogens is 1. The van der Waals surface area contributed by atoms with Gasteiger partial charge in [-0.1, -0.05) is 11.6 Å². The Morgan fingerprint density at radius 1 is 1.12 bits per heavy atom. The molecule has 2 unspecified atom stereocenters. The molecule has 2 aliphatic rings. The Hall–Kier alpha value is -2.11. The number of amides is 1. The van der Waals surface area contributed by atoms with Crippen molar-refractivity contribution < 1.29 is 9.90 Å². The van der Waals surface area contributed by atoms with Crippen LogP contribution in [0.4, 0.5) is 11.5 Å². The van der Waals surface area contributed by atoms with Gasteiger partial charge in [0.05, 0.1) is 11.7 Å². The maximum atomic E-state index is 12.8. The second-order valence-corrected chi connectivity index (χ2v) is 7.22. The summed E-state index contributed by atoms with van der Waals surface area (Å²) in [6.07, 6.45) is 4.68. The molecule has 0 radical (unpaired) electrons. The van der Waals surface area contributed by atoms with E-state index in [-0.39, 0.29) is 24.1 Å². The molecule has 2 N–H and O–H groups in total. The van der Waals surface area contributed by atoms with Crippen molar-refractivity contribution in [2.24, 2.45) is 0 Å². The fourth-order valence-corrected chi connectivity index (χ4v) is 4.03. The second kappa shape index (κ2) is 6.65. The molecule has 25 heavy (non-hydrogen) atoms. The summed E-state index contributed by atoms with van der Waals surface area (Å²) in [7, 11) is 0. The first kappa shape index (κ1) is 16.4. The number of nitrogens with zero attached hydrogens (tertiary/aromatic N) is 2. The quantitative estimate of drug-likeness (QED) is 0.880. The van der Waals surface area contributed by atoms with E-state index in [9.17, 15) is 9.90 Å². The second-order valence-electron chi connectivity index (χ2n) is 6.79. The van der Waals surface area contributed by atoms with Crippen molar-refractivity contribution in [1.82, 2.24) is 9.88 Å². The normalized spacial score (nSPS) is 25.0. The Kier molecular flexibility index (Phi) is 4.36. The summed E-state index contributed by atoms with van der Waals surface area (Å²) in [5.41, 5.74) is 1.48. The fraction of sp³-hybridized carbons (Fsp3) is 0.368. The number of aliphatic hydroxyl groups is 1. The Balaban J connectivity index is 1.47. The monoisotopic (exact) mass is 357 g/mol. The van der Waals surface area contributed by atoms with Crippen molar-refractivity contribution in [2.75, 3.05) is 5.32 Å². The molecule has 1 aromatic carbocycles. The number of benzene rings is 1. The summed E-state index contributed by atoms with van der Waals surface area (Å²) in [5, 5.41) is 13.8. The van der Waals surface area contributed by atoms with E-state index in [4.69, 9.17) is 11.6 Å². The number of halogens is 1. The highest BCUT2D eigenvalue weighted by molar-refractivity contribution is 6.30. The maximum absolute atomic E-state index is 12.8. The molecule has 1 amide bonds. The Morgan fingerprint density at radius 3 is 2.40 bits per heavy atom. The zero-order valence-electron chi connectivity index (χ0n) is 13.7. The number of fused-ring (bicyclic) bond motifs is 2. The molecule has 0 spiro atoms. The minimum atomic E-state index is -0.273. The van der Waals surface area contributed by atoms with E-state index in [0.717, 1.165) is 18.5 Å². The van der Waals surface area contributed by atoms with Gasteiger partial charge in [-0.2, -0.15) is 0 Å². The van der Waals surface area contributed by atoms with Crippen LogP contribution >= 0.6 is 11.6 Å². The van der Waals surface area contributed by atoms with Gasteiger partial charge in [0.1, 0.15) is 5.82 Å². The lowest BCUT2D eigenvalue weighted by Crippen LogP contribution is -2.48. The topological polar surface area (TPSA) is 65.5 Å². The molecule has 3 heterocycles. The average Bonchev–Trinajstić information content (AvgIpc) is 2.88. The molecule has 2 aliphatic heterocycles. The van der Waals surface area contributed by atoms with Crippen LogP contribution in [-0.4, -0.2) is 39.1 Å². The lowest BCUT2D eigenvalue weighted by Gasteiger charge is -2.37. The molecule has 6 heteroatoms. The van der Waals surface area contributed by atoms with Crippen molar-refractivity contribution in [2.45, 2.75) is 43.9 Å². The van der Waals surface area contributed by atoms with E-state index in [1.165, 1.54) is 0 Å². The molecule has 2 saturated heterocycles. The Bertz CT molecular complexity index is 749. The third kappa shape index (κ3) is 3.34. The lowest BCUT2D eigenvalue weighted by molar-refractivity contribution is 0.0286. The minimum Gasteiger partial charge on any atom is -0.393 e. The highest BCUT2D eigenvalue weighted by Crippen LogP contribution is 2.36. The van der Waals surface area contributed by atoms with Crippen LogP contribution in [0, 0.1) is 0 Å². The Labute approximate surface area is 151 Å². The van der Waals surface area contributed by atoms with E-state index in [0.29, 0.717) is 29.2 Å². The van der Waals surface area contributed by atoms with Crippen LogP contribution in [0.25, 0.3) is 0 Å². The number of anilines is 2. The van der Waals surface area contributed by atoms with E-state index < -0.39 is 0 Å². The highest BCUT2D eigenvalue weighted by Gasteiger charge is 2.42. The van der Waals surface area contributed by atoms with Gasteiger partial charge in [0.25, 0.3) is 5.91 Å². The van der Waals surface area contributed by atoms with Crippen molar-refractivity contribution in [3.8, 4) is 0 Å². The van der Waals surface area contributed by atoms with Crippen LogP contribution < -0.4 is 5.32 Å². The first-order chi connectivity index (χ1) is 12.1. The molecular formula is C19H20ClN3O2. The number of hydrogen-bond donors (Lipinski definition) is 2. The molecule has 2 aromatic rings. The van der Waals surface area contributed by atoms with Gasteiger partial charge in [0.15, 0.2) is 0 Å². The van der Waals surface area contributed by atoms with Crippen LogP contribution in [0.2, 0.25) is 5.02 Å². The fourth-order valence-electron chi connectivity index (χ4n) is 3.90. The zero-order chi connectivity index (χ0) is 17.4. The molecular weight excluding hydrogens is 338 g/mol. The summed E-state index contributed by atoms with van der Waals surface area (Å²) in [5.74, 6) is 0.695. The summed E-state index contributed by atoms with van der Waals surface area (Å²) in [6, 6.07) is 11.3. The predicted octanol–water partition coefficient (Wildman–Crippen LogP) is 3.61. The van der Waals surface area contributed by atoms with Crippen molar-refractivity contribution in [3.05, 3.63) is 53.2 Å². The molecule has 4 rings (SSSR count). The molecule has 2 fully saturated rings. The van der Waals surface area contributed by atoms with E-state index in [1.807, 2.05) is 35.2 Å². The molecule has 5 nitrogen and oxygen atoms in total. The SMILES string of the molecule is O=C(c1ccc(Nc2ccc(Cl)cc2)nc1)N1C2CCC1CC(O)C2. The Morgan fingerprint density at radius 2 is 1.80 bits per heavy atom. The van der Waals surface area contributed by atoms with Gasteiger partial charge in [-0.3, -0.25) is 4.79 Å². The highest BCUT2D eigenvalue weighted by atomic mass is 35.5. The van der Waals surface area contributed by atoms with Gasteiger partial charge < -0.3 is 15.3 Å². The molecule has 1 aromatic heterocycles. The molecule has 0 aliphatic carbocycles. The number of piperidine rings is 1. The summed E-state index contributed by atoms with van der Waals surface area (Å²) in [4.78, 5) is 19.2. The molecule has 2 atom stereocenters. The van der Waals surface area contributed by atoms with Gasteiger partial charge in [-0.25, -0.2) is 4.98 Å². The first-order valence-corrected chi connectivity index (χ1v) is 8.97. The number of aliphatic hydroxyl groups excluding tert-OH is 1. The van der Waals surface area contributed by atoms with E-state index in [1.54, 1.807) is 12.3 Å². The van der Waals surface area contributed by atoms with E-state index >= 15 is 0 Å². The van der Waals surface area contributed by atoms with Crippen LogP contribution in [0.1, 0.15) is 36.0 Å². The van der Waals surface area contributed by atoms with Crippen molar-refractivity contribution >= 4 is 29.0 Å². The van der Waals surface area contributed by atoms with Crippen LogP contribution in [0.5, 0.6) is 0 Å². The van der Waals surface area contributed by atoms with Crippen LogP contribution in [-0.2, 0) is 0 Å². The number of carbonyl (C=O) groups is 1. The zero-order valence-corrected chi connectivity index (χ0v) is 14.5. The van der Waals surface area contributed by atoms with Gasteiger partial charge in [-0.15, -0.1) is 0 Å². The average molecular weight is 358 g/mol. The lowest BCUT2D eigenvalue weighted by atomic mass is 9.99. The van der Waals surface area contributed by atoms with Crippen molar-refractivity contribution in [1.29, 1.82) is 0 Å². The van der Waals surface area contributed by atoms with Gasteiger partial charge >= 0.3 is 0 Å². The summed E-state index contributed by atoms with van der Waals surface area (Å²) >= 11 is 5.88. The van der Waals surface area contributed by atoms with Gasteiger partial charge in [0.2, 0.25) is 0 Å². The smallest absolute Gasteiger partial charge is 0.255 e. The predicted molar refractivity (Wildman–Crippen MR) is 97.2 cm³/mol. The standard InChI is InChI=1S/C19H20ClN3O2/c20-13-2-4-14(5-3-13)22-18-8-1-12(11-21-18)19(25)23-15-6-7-16(23)10-17(24)9-15/h1-5,8,11,15-17,24H,6-7,9-10H2,(H,21,22). The minimum absolute atomic E-state index is 0.0185. The number of rotatable bonds is 3. The molecule has 2 bridgehead atoms. The van der Waals surface area contributed by atoms with Gasteiger partial charge in [-0.05, 0) is 62.1 Å². The summed E-state index contributed by atoms with van der Waals surface area (Å²) in [6.45, 7) is 0. The molecule has 130 valence electrons. The van der Waals surface area contributed by atoms with Crippen LogP contribution in [0.15, 0.2) is 42.6 Å². The number of nitrogens with one attached hydrogen (secondary N) is 1. The first-order valence-electron chi connectivity index (χ1n) is 8.59. The van der Waals surface area contributed by atoms with E-state index in [2.05, 4.69) is 10.3 Å². The van der Waals surface area contributed by atoms with Crippen LogP contribution in [0.3, 0.4) is 0 Å². The number of hydrogen-bond acceptors (Lipinski definition) is 4. The largest absolute Gasteiger partial charge is 0.393 e. The summed E-state index contributed by atoms with van der Waals surface area (Å²) < 4.78 is 0. The van der Waals surface area contributed by atoms with Crippen molar-refractivity contribution in [3.63, 3.8) is 0 Å². The van der Waals surface area contributed by atoms with Gasteiger partial charge in [0, 0.05) is 29.0 Å². The number of carbonyl (C=O) groups excluding carboxylic acids is 1. The number of pyridine rings is 1.